The van der Waals surface area contributed by atoms with E-state index in [9.17, 15) is 14.2 Å². The van der Waals surface area contributed by atoms with Gasteiger partial charge in [0, 0.05) is 32.7 Å². The summed E-state index contributed by atoms with van der Waals surface area (Å²) >= 11 is 0. The molecule has 0 unspecified atom stereocenters. The van der Waals surface area contributed by atoms with E-state index in [0.29, 0.717) is 70.6 Å². The summed E-state index contributed by atoms with van der Waals surface area (Å²) in [6.07, 6.45) is 7.24. The number of nitrogens with one attached hydrogen (secondary N) is 1. The molecule has 0 bridgehead atoms. The van der Waals surface area contributed by atoms with Crippen molar-refractivity contribution in [2.75, 3.05) is 65.5 Å². The van der Waals surface area contributed by atoms with Gasteiger partial charge in [-0.15, -0.1) is 0 Å². The predicted molar refractivity (Wildman–Crippen MR) is 164 cm³/mol. The number of imidazole rings is 1. The summed E-state index contributed by atoms with van der Waals surface area (Å²) in [5, 5.41) is 2.83. The van der Waals surface area contributed by atoms with Gasteiger partial charge in [-0.05, 0) is 25.7 Å². The monoisotopic (exact) mass is 633 g/mol. The zero-order chi connectivity index (χ0) is 30.8. The molecule has 13 nitrogen and oxygen atoms in total. The van der Waals surface area contributed by atoms with E-state index in [1.54, 1.807) is 16.5 Å². The Morgan fingerprint density at radius 3 is 2.29 bits per heavy atom. The summed E-state index contributed by atoms with van der Waals surface area (Å²) in [6, 6.07) is -0.374. The molecule has 0 radical (unpaired) electrons. The molecule has 0 spiro atoms. The van der Waals surface area contributed by atoms with Crippen LogP contribution in [0.15, 0.2) is 11.3 Å². The number of hydrogen-bond acceptors (Lipinski definition) is 10. The van der Waals surface area contributed by atoms with E-state index in [0.717, 1.165) is 12.8 Å². The molecular weight excluding hydrogens is 584 g/mol. The van der Waals surface area contributed by atoms with Crippen LogP contribution in [0.5, 0.6) is 0 Å². The number of amides is 1. The summed E-state index contributed by atoms with van der Waals surface area (Å²) in [5.41, 5.74) is 0.183. The maximum Gasteiger partial charge on any atom is 0.332 e. The lowest BCUT2D eigenvalue weighted by molar-refractivity contribution is -0.130. The molecule has 1 N–H and O–H groups in total. The molecule has 0 aromatic carbocycles. The van der Waals surface area contributed by atoms with Gasteiger partial charge in [-0.2, -0.15) is 0 Å². The highest BCUT2D eigenvalue weighted by Crippen LogP contribution is 2.48. The van der Waals surface area contributed by atoms with Crippen LogP contribution in [0.3, 0.4) is 0 Å². The zero-order valence-electron chi connectivity index (χ0n) is 25.7. The topological polar surface area (TPSA) is 143 Å². The smallest absolute Gasteiger partial charge is 0.332 e. The predicted octanol–water partition coefficient (Wildman–Crippen LogP) is 4.94. The van der Waals surface area contributed by atoms with Crippen LogP contribution in [0.25, 0.3) is 0 Å². The summed E-state index contributed by atoms with van der Waals surface area (Å²) in [6.45, 7) is 10.6. The Morgan fingerprint density at radius 2 is 1.71 bits per heavy atom. The number of carbonyl (C=O) groups is 2. The van der Waals surface area contributed by atoms with Crippen molar-refractivity contribution in [2.45, 2.75) is 71.9 Å². The molecule has 1 saturated heterocycles. The first-order chi connectivity index (χ1) is 20.4. The van der Waals surface area contributed by atoms with Crippen LogP contribution in [0.4, 0.5) is 5.82 Å². The van der Waals surface area contributed by atoms with E-state index in [2.05, 4.69) is 15.3 Å². The molecule has 1 aromatic heterocycles. The van der Waals surface area contributed by atoms with E-state index >= 15 is 0 Å². The molecule has 1 amide bonds. The van der Waals surface area contributed by atoms with Crippen molar-refractivity contribution in [3.05, 3.63) is 12.0 Å². The summed E-state index contributed by atoms with van der Waals surface area (Å²) in [4.78, 5) is 35.4. The molecule has 1 fully saturated rings. The number of carbonyl (C=O) groups excluding carboxylic acids is 2. The minimum absolute atomic E-state index is 0.0435. The van der Waals surface area contributed by atoms with Crippen LogP contribution in [0.2, 0.25) is 0 Å². The van der Waals surface area contributed by atoms with Gasteiger partial charge in [-0.1, -0.05) is 27.7 Å². The molecule has 1 aliphatic heterocycles. The van der Waals surface area contributed by atoms with Crippen molar-refractivity contribution in [2.24, 2.45) is 4.99 Å². The van der Waals surface area contributed by atoms with Gasteiger partial charge in [-0.25, -0.2) is 9.98 Å². The Morgan fingerprint density at radius 1 is 1.07 bits per heavy atom. The van der Waals surface area contributed by atoms with Crippen LogP contribution in [0.1, 0.15) is 76.3 Å². The number of aromatic nitrogens is 2. The minimum atomic E-state index is -3.33. The SMILES string of the molecule is CCCOP(CCC(=O)N1C[C@H](OCCP(=O)(OCCC)OCCC)[C@H](n2cnc(C=O)c2/N=C\NC)C1)OCCC. The summed E-state index contributed by atoms with van der Waals surface area (Å²) < 4.78 is 44.2. The molecule has 0 saturated carbocycles. The van der Waals surface area contributed by atoms with E-state index in [4.69, 9.17) is 22.8 Å². The van der Waals surface area contributed by atoms with Gasteiger partial charge in [0.25, 0.3) is 0 Å². The van der Waals surface area contributed by atoms with E-state index in [1.807, 2.05) is 27.7 Å². The molecule has 2 atom stereocenters. The van der Waals surface area contributed by atoms with Crippen LogP contribution in [-0.2, 0) is 32.2 Å². The number of ether oxygens (including phenoxy) is 1. The fraction of sp³-hybridized carbons (Fsp3) is 0.778. The summed E-state index contributed by atoms with van der Waals surface area (Å²) in [5.74, 6) is 0.318. The highest BCUT2D eigenvalue weighted by Gasteiger charge is 2.39. The van der Waals surface area contributed by atoms with Crippen molar-refractivity contribution >= 4 is 40.3 Å². The van der Waals surface area contributed by atoms with Crippen molar-refractivity contribution in [1.29, 1.82) is 0 Å². The Balaban J connectivity index is 2.20. The minimum Gasteiger partial charge on any atom is -0.379 e. The van der Waals surface area contributed by atoms with Gasteiger partial charge in [-0.3, -0.25) is 14.2 Å². The third-order valence-electron chi connectivity index (χ3n) is 6.24. The largest absolute Gasteiger partial charge is 0.379 e. The van der Waals surface area contributed by atoms with E-state index in [-0.39, 0.29) is 36.8 Å². The first kappa shape index (κ1) is 36.5. The molecule has 1 aliphatic rings. The van der Waals surface area contributed by atoms with Gasteiger partial charge in [0.1, 0.15) is 5.69 Å². The Hall–Kier alpha value is -1.72. The number of nitrogens with zero attached hydrogens (tertiary/aromatic N) is 4. The lowest BCUT2D eigenvalue weighted by Crippen LogP contribution is -2.30. The molecule has 0 aliphatic carbocycles. The molecule has 240 valence electrons. The van der Waals surface area contributed by atoms with Crippen LogP contribution >= 0.6 is 16.0 Å². The highest BCUT2D eigenvalue weighted by atomic mass is 31.2. The molecule has 2 heterocycles. The third-order valence-corrected chi connectivity index (χ3v) is 9.65. The maximum atomic E-state index is 13.4. The fourth-order valence-electron chi connectivity index (χ4n) is 4.19. The van der Waals surface area contributed by atoms with Crippen molar-refractivity contribution in [1.82, 2.24) is 19.8 Å². The van der Waals surface area contributed by atoms with E-state index in [1.165, 1.54) is 12.7 Å². The van der Waals surface area contributed by atoms with Crippen molar-refractivity contribution in [3.8, 4) is 0 Å². The first-order valence-electron chi connectivity index (χ1n) is 14.9. The second-order valence-corrected chi connectivity index (χ2v) is 13.6. The average Bonchev–Trinajstić information content (AvgIpc) is 3.61. The molecule has 15 heteroatoms. The zero-order valence-corrected chi connectivity index (χ0v) is 27.5. The lowest BCUT2D eigenvalue weighted by atomic mass is 10.2. The molecule has 1 aromatic rings. The average molecular weight is 634 g/mol. The molecular formula is C27H49N5O8P2. The van der Waals surface area contributed by atoms with Gasteiger partial charge < -0.3 is 37.6 Å². The number of rotatable bonds is 23. The van der Waals surface area contributed by atoms with Crippen LogP contribution in [-0.4, -0.2) is 105 Å². The number of aliphatic imine (C=N–C) groups is 1. The number of hydrogen-bond donors (Lipinski definition) is 1. The Labute approximate surface area is 251 Å². The summed E-state index contributed by atoms with van der Waals surface area (Å²) in [7, 11) is -2.77. The van der Waals surface area contributed by atoms with E-state index < -0.39 is 22.1 Å². The van der Waals surface area contributed by atoms with Gasteiger partial charge in [0.05, 0.1) is 64.0 Å². The van der Waals surface area contributed by atoms with Crippen LogP contribution in [0, 0.1) is 0 Å². The van der Waals surface area contributed by atoms with Gasteiger partial charge >= 0.3 is 7.60 Å². The Kier molecular flexibility index (Phi) is 17.6. The quantitative estimate of drug-likeness (QED) is 0.0762. The standard InChI is InChI=1S/C27H49N5O8P2/c1-6-11-37-41(38-12-7-2)16-10-26(34)31-18-24(32-22-30-23(20-33)27(32)29-21-28-5)25(19-31)36-15-17-42(35,39-13-8-3)40-14-9-4/h20-22,24-25H,6-19H2,1-5H3,(H,28,29)/t24-,25+/m1/s1. The fourth-order valence-corrected chi connectivity index (χ4v) is 7.25. The van der Waals surface area contributed by atoms with Gasteiger partial charge in [0.15, 0.2) is 20.5 Å². The van der Waals surface area contributed by atoms with Crippen LogP contribution < -0.4 is 5.32 Å². The number of likely N-dealkylation sites (tertiary alicyclic amines) is 1. The number of aldehydes is 1. The Bertz CT molecular complexity index is 991. The lowest BCUT2D eigenvalue weighted by Gasteiger charge is -2.23. The first-order valence-corrected chi connectivity index (χ1v) is 18.0. The normalized spacial score (nSPS) is 17.5. The van der Waals surface area contributed by atoms with Crippen molar-refractivity contribution in [3.63, 3.8) is 0 Å². The molecule has 42 heavy (non-hydrogen) atoms. The second-order valence-electron chi connectivity index (χ2n) is 9.77. The van der Waals surface area contributed by atoms with Crippen molar-refractivity contribution < 1.29 is 37.0 Å². The maximum absolute atomic E-state index is 13.4. The van der Waals surface area contributed by atoms with Gasteiger partial charge in [0.2, 0.25) is 5.91 Å². The third kappa shape index (κ3) is 11.8. The second kappa shape index (κ2) is 20.3. The highest BCUT2D eigenvalue weighted by molar-refractivity contribution is 7.53. The molecule has 2 rings (SSSR count).